The van der Waals surface area contributed by atoms with Gasteiger partial charge in [0.2, 0.25) is 0 Å². The highest BCUT2D eigenvalue weighted by Gasteiger charge is 2.06. The molecule has 0 saturated carbocycles. The van der Waals surface area contributed by atoms with Gasteiger partial charge < -0.3 is 4.74 Å². The van der Waals surface area contributed by atoms with Crippen LogP contribution in [0.25, 0.3) is 21.6 Å². The van der Waals surface area contributed by atoms with E-state index in [1.807, 2.05) is 66.0 Å². The highest BCUT2D eigenvalue weighted by atomic mass is 32.1. The molecule has 0 bridgehead atoms. The number of nitrogens with zero attached hydrogens (tertiary/aromatic N) is 2. The van der Waals surface area contributed by atoms with Crippen molar-refractivity contribution in [1.29, 1.82) is 0 Å². The Bertz CT molecular complexity index is 905. The Morgan fingerprint density at radius 1 is 0.864 bits per heavy atom. The predicted molar refractivity (Wildman–Crippen MR) is 88.2 cm³/mol. The van der Waals surface area contributed by atoms with Gasteiger partial charge in [-0.05, 0) is 35.7 Å². The normalized spacial score (nSPS) is 10.7. The molecule has 105 valence electrons. The molecule has 2 aromatic heterocycles. The van der Waals surface area contributed by atoms with Crippen LogP contribution in [0.4, 0.5) is 0 Å². The van der Waals surface area contributed by atoms with Crippen LogP contribution in [0, 0.1) is 6.20 Å². The molecular formula is C18H11N2OS. The average molecular weight is 303 g/mol. The van der Waals surface area contributed by atoms with Gasteiger partial charge in [-0.15, -0.1) is 11.3 Å². The summed E-state index contributed by atoms with van der Waals surface area (Å²) in [5.41, 5.74) is 2.37. The van der Waals surface area contributed by atoms with Crippen molar-refractivity contribution in [3.63, 3.8) is 0 Å². The molecule has 0 atom stereocenters. The lowest BCUT2D eigenvalue weighted by molar-refractivity contribution is 0.483. The van der Waals surface area contributed by atoms with Gasteiger partial charge in [0.1, 0.15) is 23.4 Å². The molecule has 2 heterocycles. The first-order valence-corrected chi connectivity index (χ1v) is 7.73. The van der Waals surface area contributed by atoms with Crippen LogP contribution < -0.4 is 4.74 Å². The molecule has 0 aliphatic rings. The zero-order chi connectivity index (χ0) is 14.8. The number of thiophene rings is 1. The van der Waals surface area contributed by atoms with Crippen LogP contribution in [-0.2, 0) is 0 Å². The van der Waals surface area contributed by atoms with Crippen LogP contribution >= 0.6 is 11.3 Å². The first-order chi connectivity index (χ1) is 10.9. The van der Waals surface area contributed by atoms with E-state index in [2.05, 4.69) is 16.2 Å². The quantitative estimate of drug-likeness (QED) is 0.537. The van der Waals surface area contributed by atoms with Gasteiger partial charge in [0.15, 0.2) is 0 Å². The van der Waals surface area contributed by atoms with E-state index in [4.69, 9.17) is 4.74 Å². The maximum atomic E-state index is 5.84. The molecule has 0 spiro atoms. The second-order valence-electron chi connectivity index (χ2n) is 4.73. The van der Waals surface area contributed by atoms with E-state index in [0.29, 0.717) is 0 Å². The Balaban J connectivity index is 1.73. The van der Waals surface area contributed by atoms with Gasteiger partial charge in [-0.2, -0.15) is 0 Å². The van der Waals surface area contributed by atoms with E-state index >= 15 is 0 Å². The van der Waals surface area contributed by atoms with Gasteiger partial charge in [-0.3, -0.25) is 0 Å². The maximum absolute atomic E-state index is 5.84. The first kappa shape index (κ1) is 13.0. The van der Waals surface area contributed by atoms with Gasteiger partial charge in [0.05, 0.1) is 15.9 Å². The number of rotatable bonds is 3. The molecule has 0 N–H and O–H groups in total. The molecule has 0 unspecified atom stereocenters. The third kappa shape index (κ3) is 2.56. The molecule has 22 heavy (non-hydrogen) atoms. The zero-order valence-corrected chi connectivity index (χ0v) is 12.4. The summed E-state index contributed by atoms with van der Waals surface area (Å²) in [6.45, 7) is 0. The van der Waals surface area contributed by atoms with Crippen LogP contribution in [0.5, 0.6) is 11.5 Å². The number of hydrogen-bond acceptors (Lipinski definition) is 4. The molecule has 0 amide bonds. The number of benzene rings is 2. The van der Waals surface area contributed by atoms with E-state index in [1.54, 1.807) is 11.3 Å². The third-order valence-corrected chi connectivity index (χ3v) is 4.07. The second-order valence-corrected chi connectivity index (χ2v) is 5.67. The van der Waals surface area contributed by atoms with Crippen molar-refractivity contribution in [1.82, 2.24) is 9.97 Å². The van der Waals surface area contributed by atoms with Gasteiger partial charge in [0.25, 0.3) is 0 Å². The predicted octanol–water partition coefficient (Wildman–Crippen LogP) is 4.95. The van der Waals surface area contributed by atoms with Crippen LogP contribution in [0.15, 0.2) is 66.0 Å². The molecule has 0 saturated heterocycles. The van der Waals surface area contributed by atoms with Crippen molar-refractivity contribution in [3.8, 4) is 22.1 Å². The number of fused-ring (bicyclic) bond motifs is 1. The lowest BCUT2D eigenvalue weighted by Gasteiger charge is -2.06. The summed E-state index contributed by atoms with van der Waals surface area (Å²) in [7, 11) is 0. The fourth-order valence-corrected chi connectivity index (χ4v) is 2.82. The topological polar surface area (TPSA) is 35.0 Å². The van der Waals surface area contributed by atoms with Crippen molar-refractivity contribution in [2.75, 3.05) is 0 Å². The van der Waals surface area contributed by atoms with Crippen molar-refractivity contribution in [3.05, 3.63) is 72.2 Å². The van der Waals surface area contributed by atoms with Crippen molar-refractivity contribution >= 4 is 22.4 Å². The van der Waals surface area contributed by atoms with Crippen molar-refractivity contribution < 1.29 is 4.74 Å². The molecule has 0 aliphatic carbocycles. The maximum Gasteiger partial charge on any atom is 0.129 e. The number of ether oxygens (including phenoxy) is 1. The number of hydrogen-bond donors (Lipinski definition) is 0. The van der Waals surface area contributed by atoms with E-state index < -0.39 is 0 Å². The van der Waals surface area contributed by atoms with Gasteiger partial charge in [-0.1, -0.05) is 24.3 Å². The van der Waals surface area contributed by atoms with E-state index in [0.717, 1.165) is 33.1 Å². The summed E-state index contributed by atoms with van der Waals surface area (Å²) in [4.78, 5) is 10.0. The van der Waals surface area contributed by atoms with Crippen LogP contribution in [0.1, 0.15) is 0 Å². The lowest BCUT2D eigenvalue weighted by atomic mass is 10.2. The Hall–Kier alpha value is -2.72. The Morgan fingerprint density at radius 3 is 2.59 bits per heavy atom. The summed E-state index contributed by atoms with van der Waals surface area (Å²) >= 11 is 1.63. The van der Waals surface area contributed by atoms with Crippen LogP contribution in [-0.4, -0.2) is 9.97 Å². The molecule has 1 radical (unpaired) electrons. The van der Waals surface area contributed by atoms with Gasteiger partial charge in [-0.25, -0.2) is 9.97 Å². The van der Waals surface area contributed by atoms with E-state index in [1.165, 1.54) is 0 Å². The second kappa shape index (κ2) is 5.58. The Labute approximate surface area is 131 Å². The van der Waals surface area contributed by atoms with Gasteiger partial charge >= 0.3 is 0 Å². The van der Waals surface area contributed by atoms with Crippen molar-refractivity contribution in [2.24, 2.45) is 0 Å². The van der Waals surface area contributed by atoms with Gasteiger partial charge in [0, 0.05) is 6.07 Å². The summed E-state index contributed by atoms with van der Waals surface area (Å²) in [6, 6.07) is 19.4. The zero-order valence-electron chi connectivity index (χ0n) is 11.6. The molecule has 4 rings (SSSR count). The standard InChI is InChI=1S/C18H11N2OS/c1-2-5-13(6-3-1)21-14-8-9-15-16(11-14)20-17(12-19-15)18-7-4-10-22-18/h1-11H. The smallest absolute Gasteiger partial charge is 0.129 e. The van der Waals surface area contributed by atoms with Crippen LogP contribution in [0.2, 0.25) is 0 Å². The third-order valence-electron chi connectivity index (χ3n) is 3.19. The van der Waals surface area contributed by atoms with E-state index in [9.17, 15) is 0 Å². The Morgan fingerprint density at radius 2 is 1.77 bits per heavy atom. The average Bonchev–Trinajstić information content (AvgIpc) is 3.10. The fourth-order valence-electron chi connectivity index (χ4n) is 2.16. The molecule has 2 aromatic carbocycles. The van der Waals surface area contributed by atoms with E-state index in [-0.39, 0.29) is 0 Å². The SMILES string of the molecule is [c]1nc2ccc(Oc3ccccc3)cc2nc1-c1cccs1. The summed E-state index contributed by atoms with van der Waals surface area (Å²) in [6.07, 6.45) is 2.99. The fraction of sp³-hybridized carbons (Fsp3) is 0. The molecule has 0 fully saturated rings. The molecule has 3 nitrogen and oxygen atoms in total. The minimum Gasteiger partial charge on any atom is -0.457 e. The minimum absolute atomic E-state index is 0.747. The monoisotopic (exact) mass is 303 g/mol. The summed E-state index contributed by atoms with van der Waals surface area (Å²) in [5, 5.41) is 2.02. The highest BCUT2D eigenvalue weighted by Crippen LogP contribution is 2.27. The Kier molecular flexibility index (Phi) is 3.29. The summed E-state index contributed by atoms with van der Waals surface area (Å²) < 4.78 is 5.84. The molecular weight excluding hydrogens is 292 g/mol. The van der Waals surface area contributed by atoms with Crippen molar-refractivity contribution in [2.45, 2.75) is 0 Å². The molecule has 4 heteroatoms. The summed E-state index contributed by atoms with van der Waals surface area (Å²) in [5.74, 6) is 1.55. The number of aromatic nitrogens is 2. The lowest BCUT2D eigenvalue weighted by Crippen LogP contribution is -1.89. The first-order valence-electron chi connectivity index (χ1n) is 6.85. The molecule has 4 aromatic rings. The largest absolute Gasteiger partial charge is 0.457 e. The minimum atomic E-state index is 0.747. The molecule has 0 aliphatic heterocycles. The number of para-hydroxylation sites is 1. The van der Waals surface area contributed by atoms with Crippen LogP contribution in [0.3, 0.4) is 0 Å². The highest BCUT2D eigenvalue weighted by molar-refractivity contribution is 7.13.